The first-order valence-corrected chi connectivity index (χ1v) is 8.20. The number of rotatable bonds is 5. The third-order valence-electron chi connectivity index (χ3n) is 3.89. The zero-order valence-electron chi connectivity index (χ0n) is 12.3. The van der Waals surface area contributed by atoms with Gasteiger partial charge in [0.1, 0.15) is 0 Å². The van der Waals surface area contributed by atoms with Crippen LogP contribution in [-0.2, 0) is 0 Å². The molecule has 1 aliphatic rings. The fourth-order valence-corrected chi connectivity index (χ4v) is 3.33. The van der Waals surface area contributed by atoms with Gasteiger partial charge in [-0.25, -0.2) is 9.97 Å². The highest BCUT2D eigenvalue weighted by molar-refractivity contribution is 7.08. The molecule has 0 amide bonds. The Labute approximate surface area is 124 Å². The molecule has 0 spiro atoms. The fraction of sp³-hybridized carbons (Fsp3) is 0.500. The third-order valence-corrected chi connectivity index (χ3v) is 4.57. The summed E-state index contributed by atoms with van der Waals surface area (Å²) in [7, 11) is 0. The Morgan fingerprint density at radius 2 is 2.00 bits per heavy atom. The van der Waals surface area contributed by atoms with E-state index in [0.717, 1.165) is 35.4 Å². The van der Waals surface area contributed by atoms with Crippen molar-refractivity contribution in [1.82, 2.24) is 15.3 Å². The molecule has 2 heterocycles. The van der Waals surface area contributed by atoms with Gasteiger partial charge in [-0.2, -0.15) is 11.3 Å². The van der Waals surface area contributed by atoms with Crippen LogP contribution in [0.2, 0.25) is 0 Å². The van der Waals surface area contributed by atoms with Crippen LogP contribution in [0, 0.1) is 13.8 Å². The van der Waals surface area contributed by atoms with Crippen LogP contribution in [0.3, 0.4) is 0 Å². The van der Waals surface area contributed by atoms with Crippen molar-refractivity contribution < 1.29 is 0 Å². The van der Waals surface area contributed by atoms with Gasteiger partial charge in [0.2, 0.25) is 0 Å². The Kier molecular flexibility index (Phi) is 3.85. The normalized spacial score (nSPS) is 16.4. The van der Waals surface area contributed by atoms with Crippen LogP contribution in [0.25, 0.3) is 11.4 Å². The van der Waals surface area contributed by atoms with Gasteiger partial charge in [0, 0.05) is 34.9 Å². The highest BCUT2D eigenvalue weighted by Gasteiger charge is 2.22. The Morgan fingerprint density at radius 1 is 1.30 bits per heavy atom. The Bertz CT molecular complexity index is 565. The summed E-state index contributed by atoms with van der Waals surface area (Å²) in [6.45, 7) is 7.49. The maximum absolute atomic E-state index is 4.71. The van der Waals surface area contributed by atoms with E-state index in [1.54, 1.807) is 11.3 Å². The topological polar surface area (TPSA) is 37.8 Å². The molecule has 0 radical (unpaired) electrons. The molecule has 3 nitrogen and oxygen atoms in total. The molecule has 0 aliphatic heterocycles. The minimum atomic E-state index is 0.465. The van der Waals surface area contributed by atoms with E-state index in [1.807, 2.05) is 0 Å². The molecule has 0 bridgehead atoms. The van der Waals surface area contributed by atoms with Crippen molar-refractivity contribution >= 4 is 11.3 Å². The number of aromatic nitrogens is 2. The summed E-state index contributed by atoms with van der Waals surface area (Å²) in [6, 6.07) is 2.83. The number of nitrogens with one attached hydrogen (secondary N) is 1. The van der Waals surface area contributed by atoms with Gasteiger partial charge in [0.15, 0.2) is 5.82 Å². The van der Waals surface area contributed by atoms with E-state index >= 15 is 0 Å². The largest absolute Gasteiger partial charge is 0.313 e. The molecule has 3 rings (SSSR count). The molecule has 2 aromatic rings. The molecule has 2 aromatic heterocycles. The molecule has 1 N–H and O–H groups in total. The average Bonchev–Trinajstić information content (AvgIpc) is 3.07. The van der Waals surface area contributed by atoms with E-state index in [-0.39, 0.29) is 0 Å². The number of aryl methyl sites for hydroxylation is 2. The average molecular weight is 287 g/mol. The lowest BCUT2D eigenvalue weighted by Crippen LogP contribution is -2.23. The summed E-state index contributed by atoms with van der Waals surface area (Å²) in [6.07, 6.45) is 2.66. The third kappa shape index (κ3) is 2.91. The molecule has 4 heteroatoms. The Hall–Kier alpha value is -1.26. The molecular formula is C16H21N3S. The van der Waals surface area contributed by atoms with E-state index in [2.05, 4.69) is 42.9 Å². The SMILES string of the molecule is Cc1nc(-c2ccsc2)nc(C)c1C(C)CNC1CC1. The second kappa shape index (κ2) is 5.62. The molecule has 0 aromatic carbocycles. The lowest BCUT2D eigenvalue weighted by molar-refractivity contribution is 0.603. The second-order valence-electron chi connectivity index (χ2n) is 5.73. The van der Waals surface area contributed by atoms with Gasteiger partial charge >= 0.3 is 0 Å². The van der Waals surface area contributed by atoms with Crippen LogP contribution in [-0.4, -0.2) is 22.6 Å². The van der Waals surface area contributed by atoms with Gasteiger partial charge in [0.05, 0.1) is 0 Å². The summed E-state index contributed by atoms with van der Waals surface area (Å²) in [5, 5.41) is 7.77. The Morgan fingerprint density at radius 3 is 2.55 bits per heavy atom. The first kappa shape index (κ1) is 13.7. The highest BCUT2D eigenvalue weighted by Crippen LogP contribution is 2.26. The van der Waals surface area contributed by atoms with Crippen molar-refractivity contribution in [2.75, 3.05) is 6.54 Å². The fourth-order valence-electron chi connectivity index (χ4n) is 2.69. The summed E-state index contributed by atoms with van der Waals surface area (Å²) in [5.74, 6) is 1.32. The molecule has 106 valence electrons. The van der Waals surface area contributed by atoms with Crippen molar-refractivity contribution in [2.45, 2.75) is 45.6 Å². The molecule has 1 fully saturated rings. The van der Waals surface area contributed by atoms with E-state index in [0.29, 0.717) is 5.92 Å². The van der Waals surface area contributed by atoms with Gasteiger partial charge in [-0.1, -0.05) is 6.92 Å². The monoisotopic (exact) mass is 287 g/mol. The van der Waals surface area contributed by atoms with Crippen molar-refractivity contribution in [1.29, 1.82) is 0 Å². The van der Waals surface area contributed by atoms with E-state index in [9.17, 15) is 0 Å². The number of nitrogens with zero attached hydrogens (tertiary/aromatic N) is 2. The maximum Gasteiger partial charge on any atom is 0.160 e. The van der Waals surface area contributed by atoms with Crippen LogP contribution in [0.1, 0.15) is 42.6 Å². The second-order valence-corrected chi connectivity index (χ2v) is 6.51. The van der Waals surface area contributed by atoms with E-state index in [1.165, 1.54) is 18.4 Å². The zero-order valence-corrected chi connectivity index (χ0v) is 13.1. The molecular weight excluding hydrogens is 266 g/mol. The lowest BCUT2D eigenvalue weighted by Gasteiger charge is -2.17. The van der Waals surface area contributed by atoms with Gasteiger partial charge in [-0.15, -0.1) is 0 Å². The van der Waals surface area contributed by atoms with E-state index < -0.39 is 0 Å². The smallest absolute Gasteiger partial charge is 0.160 e. The van der Waals surface area contributed by atoms with Crippen molar-refractivity contribution in [3.05, 3.63) is 33.8 Å². The van der Waals surface area contributed by atoms with Gasteiger partial charge in [0.25, 0.3) is 0 Å². The van der Waals surface area contributed by atoms with E-state index in [4.69, 9.17) is 9.97 Å². The van der Waals surface area contributed by atoms with Crippen LogP contribution in [0.15, 0.2) is 16.8 Å². The van der Waals surface area contributed by atoms with Crippen LogP contribution in [0.5, 0.6) is 0 Å². The van der Waals surface area contributed by atoms with Gasteiger partial charge in [-0.3, -0.25) is 0 Å². The molecule has 1 atom stereocenters. The summed E-state index contributed by atoms with van der Waals surface area (Å²) in [4.78, 5) is 9.42. The standard InChI is InChI=1S/C16H21N3S/c1-10(8-17-14-4-5-14)15-11(2)18-16(19-12(15)3)13-6-7-20-9-13/h6-7,9-10,14,17H,4-5,8H2,1-3H3. The minimum Gasteiger partial charge on any atom is -0.313 e. The lowest BCUT2D eigenvalue weighted by atomic mass is 9.97. The molecule has 20 heavy (non-hydrogen) atoms. The highest BCUT2D eigenvalue weighted by atomic mass is 32.1. The van der Waals surface area contributed by atoms with Crippen LogP contribution >= 0.6 is 11.3 Å². The van der Waals surface area contributed by atoms with Crippen LogP contribution < -0.4 is 5.32 Å². The number of hydrogen-bond donors (Lipinski definition) is 1. The first-order valence-electron chi connectivity index (χ1n) is 7.26. The van der Waals surface area contributed by atoms with Crippen molar-refractivity contribution in [2.24, 2.45) is 0 Å². The van der Waals surface area contributed by atoms with Gasteiger partial charge < -0.3 is 5.32 Å². The van der Waals surface area contributed by atoms with Crippen molar-refractivity contribution in [3.8, 4) is 11.4 Å². The predicted molar refractivity (Wildman–Crippen MR) is 84.3 cm³/mol. The van der Waals surface area contributed by atoms with Crippen LogP contribution in [0.4, 0.5) is 0 Å². The molecule has 1 unspecified atom stereocenters. The predicted octanol–water partition coefficient (Wildman–Crippen LogP) is 3.68. The maximum atomic E-state index is 4.71. The minimum absolute atomic E-state index is 0.465. The van der Waals surface area contributed by atoms with Gasteiger partial charge in [-0.05, 0) is 49.6 Å². The molecule has 1 saturated carbocycles. The zero-order chi connectivity index (χ0) is 14.1. The summed E-state index contributed by atoms with van der Waals surface area (Å²) >= 11 is 1.68. The number of hydrogen-bond acceptors (Lipinski definition) is 4. The molecule has 0 saturated heterocycles. The quantitative estimate of drug-likeness (QED) is 0.911. The Balaban J connectivity index is 1.83. The summed E-state index contributed by atoms with van der Waals surface area (Å²) < 4.78 is 0. The van der Waals surface area contributed by atoms with Crippen molar-refractivity contribution in [3.63, 3.8) is 0 Å². The summed E-state index contributed by atoms with van der Waals surface area (Å²) in [5.41, 5.74) is 4.65. The first-order chi connectivity index (χ1) is 9.65. The molecule has 1 aliphatic carbocycles. The number of thiophene rings is 1.